The number of primary amides is 1. The third kappa shape index (κ3) is 4.60. The number of aromatic nitrogens is 2. The van der Waals surface area contributed by atoms with Crippen molar-refractivity contribution in [2.45, 2.75) is 25.2 Å². The Morgan fingerprint density at radius 3 is 2.71 bits per heavy atom. The number of halogens is 2. The highest BCUT2D eigenvalue weighted by Crippen LogP contribution is 2.32. The Labute approximate surface area is 177 Å². The summed E-state index contributed by atoms with van der Waals surface area (Å²) in [5.74, 6) is -3.55. The number of amides is 2. The molecule has 0 radical (unpaired) electrons. The fourth-order valence-electron chi connectivity index (χ4n) is 3.63. The minimum absolute atomic E-state index is 0.0180. The number of rotatable bonds is 4. The third-order valence-corrected chi connectivity index (χ3v) is 5.24. The van der Waals surface area contributed by atoms with Gasteiger partial charge in [0.1, 0.15) is 11.5 Å². The van der Waals surface area contributed by atoms with E-state index in [1.807, 2.05) is 24.3 Å². The summed E-state index contributed by atoms with van der Waals surface area (Å²) in [6, 6.07) is 11.9. The number of carbonyl (C=O) groups excluding carboxylic acids is 2. The van der Waals surface area contributed by atoms with Crippen LogP contribution in [-0.4, -0.2) is 40.8 Å². The van der Waals surface area contributed by atoms with E-state index in [0.29, 0.717) is 30.0 Å². The average molecular weight is 425 g/mol. The number of hydrogen-bond acceptors (Lipinski definition) is 5. The van der Waals surface area contributed by atoms with Crippen LogP contribution in [0.25, 0.3) is 10.9 Å². The van der Waals surface area contributed by atoms with Crippen molar-refractivity contribution < 1.29 is 18.4 Å². The molecule has 2 aromatic heterocycles. The number of pyridine rings is 2. The van der Waals surface area contributed by atoms with Crippen molar-refractivity contribution in [3.63, 3.8) is 0 Å². The van der Waals surface area contributed by atoms with Crippen LogP contribution in [0.4, 0.5) is 20.3 Å². The van der Waals surface area contributed by atoms with Gasteiger partial charge in [-0.25, -0.2) is 13.8 Å². The highest BCUT2D eigenvalue weighted by Gasteiger charge is 2.33. The van der Waals surface area contributed by atoms with Crippen LogP contribution in [0.3, 0.4) is 0 Å². The molecule has 2 amide bonds. The molecule has 31 heavy (non-hydrogen) atoms. The lowest BCUT2D eigenvalue weighted by atomic mass is 10.1. The van der Waals surface area contributed by atoms with E-state index in [-0.39, 0.29) is 30.6 Å². The first-order chi connectivity index (χ1) is 14.8. The van der Waals surface area contributed by atoms with E-state index >= 15 is 0 Å². The largest absolute Gasteiger partial charge is 0.364 e. The van der Waals surface area contributed by atoms with Gasteiger partial charge in [0, 0.05) is 43.2 Å². The van der Waals surface area contributed by atoms with Crippen LogP contribution >= 0.6 is 0 Å². The van der Waals surface area contributed by atoms with Gasteiger partial charge in [-0.05, 0) is 30.7 Å². The molecule has 160 valence electrons. The number of hydrogen-bond donors (Lipinski definition) is 2. The molecule has 9 heteroatoms. The van der Waals surface area contributed by atoms with Crippen LogP contribution in [0, 0.1) is 0 Å². The zero-order chi connectivity index (χ0) is 22.0. The quantitative estimate of drug-likeness (QED) is 0.665. The second-order valence-electron chi connectivity index (χ2n) is 7.50. The molecule has 1 aromatic carbocycles. The van der Waals surface area contributed by atoms with E-state index in [2.05, 4.69) is 15.3 Å². The van der Waals surface area contributed by atoms with E-state index in [1.165, 1.54) is 18.3 Å². The van der Waals surface area contributed by atoms with Crippen molar-refractivity contribution in [2.24, 2.45) is 5.73 Å². The smallest absolute Gasteiger partial charge is 0.267 e. The van der Waals surface area contributed by atoms with Gasteiger partial charge in [-0.3, -0.25) is 14.6 Å². The van der Waals surface area contributed by atoms with Gasteiger partial charge in [-0.2, -0.15) is 0 Å². The van der Waals surface area contributed by atoms with Crippen molar-refractivity contribution in [3.05, 3.63) is 59.9 Å². The lowest BCUT2D eigenvalue weighted by molar-refractivity contribution is -0.0102. The number of fused-ring (bicyclic) bond motifs is 1. The number of nitrogens with one attached hydrogen (secondary N) is 1. The molecule has 1 aliphatic heterocycles. The number of carbonyl (C=O) groups is 2. The summed E-state index contributed by atoms with van der Waals surface area (Å²) in [6.45, 7) is 0.474. The fraction of sp³-hybridized carbons (Fsp3) is 0.273. The Morgan fingerprint density at radius 2 is 1.90 bits per heavy atom. The highest BCUT2D eigenvalue weighted by atomic mass is 19.3. The SMILES string of the molecule is NC(=O)c1cc(NC(=O)c2cc3ccccc3nc2N2CCCC(F)(F)CC2)ccn1. The summed E-state index contributed by atoms with van der Waals surface area (Å²) >= 11 is 0. The molecule has 1 fully saturated rings. The van der Waals surface area contributed by atoms with Gasteiger partial charge in [0.15, 0.2) is 0 Å². The molecule has 4 rings (SSSR count). The molecule has 1 aliphatic rings. The number of benzene rings is 1. The summed E-state index contributed by atoms with van der Waals surface area (Å²) in [6.07, 6.45) is 1.18. The topological polar surface area (TPSA) is 101 Å². The highest BCUT2D eigenvalue weighted by molar-refractivity contribution is 6.10. The van der Waals surface area contributed by atoms with E-state index in [1.54, 1.807) is 11.0 Å². The Balaban J connectivity index is 1.71. The summed E-state index contributed by atoms with van der Waals surface area (Å²) in [5.41, 5.74) is 6.55. The predicted octanol–water partition coefficient (Wildman–Crippen LogP) is 3.61. The minimum atomic E-state index is -2.73. The average Bonchev–Trinajstić information content (AvgIpc) is 2.93. The van der Waals surface area contributed by atoms with Crippen LogP contribution < -0.4 is 16.0 Å². The Kier molecular flexibility index (Phi) is 5.50. The summed E-state index contributed by atoms with van der Waals surface area (Å²) in [5, 5.41) is 3.48. The van der Waals surface area contributed by atoms with E-state index in [0.717, 1.165) is 5.39 Å². The first-order valence-corrected chi connectivity index (χ1v) is 9.92. The molecule has 1 saturated heterocycles. The van der Waals surface area contributed by atoms with Crippen molar-refractivity contribution >= 4 is 34.2 Å². The van der Waals surface area contributed by atoms with Crippen LogP contribution in [0.2, 0.25) is 0 Å². The summed E-state index contributed by atoms with van der Waals surface area (Å²) in [7, 11) is 0. The molecule has 3 heterocycles. The van der Waals surface area contributed by atoms with Gasteiger partial charge in [-0.15, -0.1) is 0 Å². The maximum absolute atomic E-state index is 13.9. The molecular formula is C22H21F2N5O2. The van der Waals surface area contributed by atoms with Gasteiger partial charge in [0.2, 0.25) is 5.92 Å². The summed E-state index contributed by atoms with van der Waals surface area (Å²) < 4.78 is 27.8. The van der Waals surface area contributed by atoms with Gasteiger partial charge in [-0.1, -0.05) is 18.2 Å². The molecule has 0 spiro atoms. The van der Waals surface area contributed by atoms with Gasteiger partial charge in [0.05, 0.1) is 11.1 Å². The van der Waals surface area contributed by atoms with Gasteiger partial charge < -0.3 is 16.0 Å². The van der Waals surface area contributed by atoms with Crippen molar-refractivity contribution in [3.8, 4) is 0 Å². The lowest BCUT2D eigenvalue weighted by Gasteiger charge is -2.24. The first-order valence-electron chi connectivity index (χ1n) is 9.92. The van der Waals surface area contributed by atoms with Crippen LogP contribution in [0.5, 0.6) is 0 Å². The van der Waals surface area contributed by atoms with Crippen LogP contribution in [0.1, 0.15) is 40.1 Å². The number of alkyl halides is 2. The molecule has 0 unspecified atom stereocenters. The standard InChI is InChI=1S/C22H21F2N5O2/c23-22(24)7-3-10-29(11-8-22)20-16(12-14-4-1-2-5-17(14)28-20)21(31)27-15-6-9-26-18(13-15)19(25)30/h1-2,4-6,9,12-13H,3,7-8,10-11H2,(H2,25,30)(H,26,27,31). The zero-order valence-electron chi connectivity index (χ0n) is 16.6. The Hall–Kier alpha value is -3.62. The second-order valence-corrected chi connectivity index (χ2v) is 7.50. The number of nitrogens with zero attached hydrogens (tertiary/aromatic N) is 3. The minimum Gasteiger partial charge on any atom is -0.364 e. The van der Waals surface area contributed by atoms with Crippen LogP contribution in [0.15, 0.2) is 48.7 Å². The predicted molar refractivity (Wildman–Crippen MR) is 113 cm³/mol. The number of nitrogens with two attached hydrogens (primary N) is 1. The molecule has 0 atom stereocenters. The Bertz CT molecular complexity index is 1150. The van der Waals surface area contributed by atoms with Crippen molar-refractivity contribution in [1.82, 2.24) is 9.97 Å². The second kappa shape index (κ2) is 8.25. The van der Waals surface area contributed by atoms with E-state index in [4.69, 9.17) is 5.73 Å². The molecular weight excluding hydrogens is 404 g/mol. The normalized spacial score (nSPS) is 16.0. The molecule has 0 aliphatic carbocycles. The number of para-hydroxylation sites is 1. The maximum atomic E-state index is 13.9. The summed E-state index contributed by atoms with van der Waals surface area (Å²) in [4.78, 5) is 34.8. The zero-order valence-corrected chi connectivity index (χ0v) is 16.6. The Morgan fingerprint density at radius 1 is 1.10 bits per heavy atom. The molecule has 7 nitrogen and oxygen atoms in total. The molecule has 0 bridgehead atoms. The number of anilines is 2. The third-order valence-electron chi connectivity index (χ3n) is 5.24. The van der Waals surface area contributed by atoms with E-state index < -0.39 is 17.7 Å². The van der Waals surface area contributed by atoms with Crippen molar-refractivity contribution in [2.75, 3.05) is 23.3 Å². The van der Waals surface area contributed by atoms with Gasteiger partial charge in [0.25, 0.3) is 11.8 Å². The van der Waals surface area contributed by atoms with Crippen LogP contribution in [-0.2, 0) is 0 Å². The lowest BCUT2D eigenvalue weighted by Crippen LogP contribution is -2.29. The van der Waals surface area contributed by atoms with Gasteiger partial charge >= 0.3 is 0 Å². The van der Waals surface area contributed by atoms with Crippen molar-refractivity contribution in [1.29, 1.82) is 0 Å². The molecule has 3 N–H and O–H groups in total. The monoisotopic (exact) mass is 425 g/mol. The fourth-order valence-corrected chi connectivity index (χ4v) is 3.63. The molecule has 0 saturated carbocycles. The molecule has 3 aromatic rings. The maximum Gasteiger partial charge on any atom is 0.267 e. The van der Waals surface area contributed by atoms with E-state index in [9.17, 15) is 18.4 Å². The first kappa shape index (κ1) is 20.6.